The van der Waals surface area contributed by atoms with Crippen molar-refractivity contribution in [3.05, 3.63) is 48.0 Å². The van der Waals surface area contributed by atoms with Crippen LogP contribution in [0.5, 0.6) is 0 Å². The number of nitrogens with zero attached hydrogens (tertiary/aromatic N) is 1. The minimum atomic E-state index is 0.738. The first-order valence-electron chi connectivity index (χ1n) is 6.69. The van der Waals surface area contributed by atoms with Crippen LogP contribution >= 0.6 is 0 Å². The average Bonchev–Trinajstić information content (AvgIpc) is 2.91. The number of aryl methyl sites for hydroxylation is 1. The van der Waals surface area contributed by atoms with Gasteiger partial charge in [-0.2, -0.15) is 0 Å². The summed E-state index contributed by atoms with van der Waals surface area (Å²) in [5.74, 6) is 0.960. The van der Waals surface area contributed by atoms with E-state index >= 15 is 0 Å². The number of rotatable bonds is 7. The quantitative estimate of drug-likeness (QED) is 0.727. The molecule has 0 saturated carbocycles. The van der Waals surface area contributed by atoms with E-state index in [0.717, 1.165) is 18.1 Å². The molecule has 0 spiro atoms. The molecular weight excluding hydrogens is 222 g/mol. The third kappa shape index (κ3) is 3.91. The number of hydrogen-bond acceptors (Lipinski definition) is 2. The number of nitrogens with one attached hydrogen (secondary N) is 2. The van der Waals surface area contributed by atoms with Gasteiger partial charge in [0.15, 0.2) is 0 Å². The molecule has 2 aromatic rings. The molecule has 3 nitrogen and oxygen atoms in total. The molecular formula is C15H21N3. The second-order valence-corrected chi connectivity index (χ2v) is 4.54. The van der Waals surface area contributed by atoms with Crippen LogP contribution in [-0.4, -0.2) is 9.97 Å². The molecule has 0 saturated heterocycles. The number of H-pyrrole nitrogens is 1. The summed E-state index contributed by atoms with van der Waals surface area (Å²) >= 11 is 0. The van der Waals surface area contributed by atoms with Gasteiger partial charge in [0.1, 0.15) is 5.82 Å². The summed E-state index contributed by atoms with van der Waals surface area (Å²) in [7, 11) is 0. The largest absolute Gasteiger partial charge is 0.378 e. The summed E-state index contributed by atoms with van der Waals surface area (Å²) in [6.45, 7) is 2.98. The molecule has 1 heterocycles. The number of unbranched alkanes of at least 4 members (excludes halogenated alkanes) is 2. The van der Waals surface area contributed by atoms with Crippen molar-refractivity contribution in [3.8, 4) is 0 Å². The number of aromatic amines is 1. The molecule has 1 aromatic carbocycles. The van der Waals surface area contributed by atoms with Crippen molar-refractivity contribution in [2.24, 2.45) is 0 Å². The highest BCUT2D eigenvalue weighted by Gasteiger charge is 1.97. The first-order valence-corrected chi connectivity index (χ1v) is 6.69. The Morgan fingerprint density at radius 1 is 1.17 bits per heavy atom. The lowest BCUT2D eigenvalue weighted by molar-refractivity contribution is 0.717. The molecule has 0 aliphatic heterocycles. The number of hydrogen-bond donors (Lipinski definition) is 2. The van der Waals surface area contributed by atoms with Crippen LogP contribution in [0.2, 0.25) is 0 Å². The SMILES string of the molecule is CCCCCc1ccc(NCc2ncc[nH]2)cc1. The van der Waals surface area contributed by atoms with E-state index in [-0.39, 0.29) is 0 Å². The van der Waals surface area contributed by atoms with Gasteiger partial charge in [-0.3, -0.25) is 0 Å². The zero-order valence-electron chi connectivity index (χ0n) is 10.9. The van der Waals surface area contributed by atoms with Crippen molar-refractivity contribution < 1.29 is 0 Å². The van der Waals surface area contributed by atoms with E-state index in [0.29, 0.717) is 0 Å². The van der Waals surface area contributed by atoms with Crippen molar-refractivity contribution in [1.29, 1.82) is 0 Å². The van der Waals surface area contributed by atoms with Crippen molar-refractivity contribution >= 4 is 5.69 Å². The molecule has 0 fully saturated rings. The van der Waals surface area contributed by atoms with Crippen LogP contribution in [0.4, 0.5) is 5.69 Å². The Labute approximate surface area is 109 Å². The van der Waals surface area contributed by atoms with Gasteiger partial charge in [0.05, 0.1) is 6.54 Å². The Hall–Kier alpha value is -1.77. The van der Waals surface area contributed by atoms with Crippen LogP contribution in [-0.2, 0) is 13.0 Å². The van der Waals surface area contributed by atoms with Crippen molar-refractivity contribution in [2.45, 2.75) is 39.2 Å². The van der Waals surface area contributed by atoms with Gasteiger partial charge in [0.2, 0.25) is 0 Å². The number of anilines is 1. The number of aromatic nitrogens is 2. The first kappa shape index (κ1) is 12.7. The van der Waals surface area contributed by atoms with Crippen LogP contribution < -0.4 is 5.32 Å². The zero-order valence-corrected chi connectivity index (χ0v) is 10.9. The Balaban J connectivity index is 1.80. The number of imidazole rings is 1. The third-order valence-electron chi connectivity index (χ3n) is 3.04. The molecule has 18 heavy (non-hydrogen) atoms. The van der Waals surface area contributed by atoms with Gasteiger partial charge in [-0.05, 0) is 30.5 Å². The maximum absolute atomic E-state index is 4.18. The summed E-state index contributed by atoms with van der Waals surface area (Å²) in [5, 5.41) is 3.35. The van der Waals surface area contributed by atoms with Crippen LogP contribution in [0.15, 0.2) is 36.7 Å². The summed E-state index contributed by atoms with van der Waals surface area (Å²) in [6, 6.07) is 8.70. The lowest BCUT2D eigenvalue weighted by atomic mass is 10.1. The molecule has 0 unspecified atom stereocenters. The summed E-state index contributed by atoms with van der Waals surface area (Å²) < 4.78 is 0. The van der Waals surface area contributed by atoms with Gasteiger partial charge in [-0.1, -0.05) is 31.9 Å². The second-order valence-electron chi connectivity index (χ2n) is 4.54. The lowest BCUT2D eigenvalue weighted by Gasteiger charge is -2.06. The predicted octanol–water partition coefficient (Wildman–Crippen LogP) is 3.75. The van der Waals surface area contributed by atoms with Crippen molar-refractivity contribution in [2.75, 3.05) is 5.32 Å². The van der Waals surface area contributed by atoms with Crippen LogP contribution in [0.3, 0.4) is 0 Å². The molecule has 0 atom stereocenters. The van der Waals surface area contributed by atoms with E-state index in [1.54, 1.807) is 6.20 Å². The van der Waals surface area contributed by atoms with E-state index in [1.165, 1.54) is 31.2 Å². The normalized spacial score (nSPS) is 10.5. The van der Waals surface area contributed by atoms with Crippen LogP contribution in [0.25, 0.3) is 0 Å². The van der Waals surface area contributed by atoms with Gasteiger partial charge >= 0.3 is 0 Å². The van der Waals surface area contributed by atoms with Gasteiger partial charge in [0, 0.05) is 18.1 Å². The maximum atomic E-state index is 4.18. The highest BCUT2D eigenvalue weighted by molar-refractivity contribution is 5.44. The first-order chi connectivity index (χ1) is 8.88. The lowest BCUT2D eigenvalue weighted by Crippen LogP contribution is -2.01. The van der Waals surface area contributed by atoms with Crippen LogP contribution in [0.1, 0.15) is 37.6 Å². The molecule has 2 rings (SSSR count). The molecule has 0 aliphatic rings. The second kappa shape index (κ2) is 6.84. The van der Waals surface area contributed by atoms with E-state index in [1.807, 2.05) is 6.20 Å². The van der Waals surface area contributed by atoms with E-state index in [2.05, 4.69) is 46.5 Å². The topological polar surface area (TPSA) is 40.7 Å². The molecule has 96 valence electrons. The Bertz CT molecular complexity index is 431. The summed E-state index contributed by atoms with van der Waals surface area (Å²) in [4.78, 5) is 7.26. The van der Waals surface area contributed by atoms with E-state index in [9.17, 15) is 0 Å². The fraction of sp³-hybridized carbons (Fsp3) is 0.400. The summed E-state index contributed by atoms with van der Waals surface area (Å²) in [6.07, 6.45) is 8.69. The highest BCUT2D eigenvalue weighted by atomic mass is 15.0. The highest BCUT2D eigenvalue weighted by Crippen LogP contribution is 2.12. The molecule has 0 radical (unpaired) electrons. The number of benzene rings is 1. The molecule has 2 N–H and O–H groups in total. The predicted molar refractivity (Wildman–Crippen MR) is 75.6 cm³/mol. The zero-order chi connectivity index (χ0) is 12.6. The van der Waals surface area contributed by atoms with Gasteiger partial charge in [-0.15, -0.1) is 0 Å². The smallest absolute Gasteiger partial charge is 0.125 e. The minimum absolute atomic E-state index is 0.738. The fourth-order valence-corrected chi connectivity index (χ4v) is 1.95. The maximum Gasteiger partial charge on any atom is 0.125 e. The average molecular weight is 243 g/mol. The molecule has 1 aromatic heterocycles. The minimum Gasteiger partial charge on any atom is -0.378 e. The molecule has 3 heteroatoms. The van der Waals surface area contributed by atoms with Gasteiger partial charge < -0.3 is 10.3 Å². The fourth-order valence-electron chi connectivity index (χ4n) is 1.95. The third-order valence-corrected chi connectivity index (χ3v) is 3.04. The summed E-state index contributed by atoms with van der Waals surface area (Å²) in [5.41, 5.74) is 2.57. The monoisotopic (exact) mass is 243 g/mol. The Kier molecular flexibility index (Phi) is 4.82. The standard InChI is InChI=1S/C15H21N3/c1-2-3-4-5-13-6-8-14(9-7-13)18-12-15-16-10-11-17-15/h6-11,18H,2-5,12H2,1H3,(H,16,17). The van der Waals surface area contributed by atoms with E-state index in [4.69, 9.17) is 0 Å². The van der Waals surface area contributed by atoms with Gasteiger partial charge in [-0.25, -0.2) is 4.98 Å². The Morgan fingerprint density at radius 3 is 2.67 bits per heavy atom. The molecule has 0 amide bonds. The van der Waals surface area contributed by atoms with Crippen molar-refractivity contribution in [3.63, 3.8) is 0 Å². The van der Waals surface area contributed by atoms with Gasteiger partial charge in [0.25, 0.3) is 0 Å². The molecule has 0 aliphatic carbocycles. The van der Waals surface area contributed by atoms with Crippen molar-refractivity contribution in [1.82, 2.24) is 9.97 Å². The van der Waals surface area contributed by atoms with Crippen LogP contribution in [0, 0.1) is 0 Å². The van der Waals surface area contributed by atoms with E-state index < -0.39 is 0 Å². The Morgan fingerprint density at radius 2 is 2.00 bits per heavy atom. The molecule has 0 bridgehead atoms.